The van der Waals surface area contributed by atoms with E-state index in [0.717, 1.165) is 31.2 Å². The van der Waals surface area contributed by atoms with Gasteiger partial charge in [0.1, 0.15) is 0 Å². The minimum atomic E-state index is 0.657. The molecule has 0 saturated heterocycles. The summed E-state index contributed by atoms with van der Waals surface area (Å²) in [4.78, 5) is 6.86. The smallest absolute Gasteiger partial charge is 0.156 e. The molecule has 0 amide bonds. The Kier molecular flexibility index (Phi) is 5.77. The SMILES string of the molecule is CC(C)C1CN=C(NCCCN(C)c2ccccc2)S1. The molecule has 0 spiro atoms. The number of amidine groups is 1. The summed E-state index contributed by atoms with van der Waals surface area (Å²) in [5.41, 5.74) is 1.28. The summed E-state index contributed by atoms with van der Waals surface area (Å²) in [6.07, 6.45) is 1.12. The molecule has 3 nitrogen and oxygen atoms in total. The van der Waals surface area contributed by atoms with Gasteiger partial charge in [0.15, 0.2) is 5.17 Å². The Morgan fingerprint density at radius 3 is 2.75 bits per heavy atom. The van der Waals surface area contributed by atoms with Crippen molar-refractivity contribution < 1.29 is 0 Å². The highest BCUT2D eigenvalue weighted by molar-refractivity contribution is 8.14. The van der Waals surface area contributed by atoms with E-state index in [2.05, 4.69) is 66.4 Å². The van der Waals surface area contributed by atoms with Crippen LogP contribution in [0.1, 0.15) is 20.3 Å². The highest BCUT2D eigenvalue weighted by atomic mass is 32.2. The number of nitrogens with one attached hydrogen (secondary N) is 1. The Balaban J connectivity index is 1.63. The summed E-state index contributed by atoms with van der Waals surface area (Å²) in [7, 11) is 2.14. The molecule has 1 aromatic carbocycles. The number of rotatable bonds is 6. The molecule has 0 bridgehead atoms. The van der Waals surface area contributed by atoms with Crippen molar-refractivity contribution in [1.82, 2.24) is 5.32 Å². The first-order chi connectivity index (χ1) is 9.66. The van der Waals surface area contributed by atoms with Crippen molar-refractivity contribution in [2.45, 2.75) is 25.5 Å². The monoisotopic (exact) mass is 291 g/mol. The number of hydrogen-bond donors (Lipinski definition) is 1. The van der Waals surface area contributed by atoms with Crippen molar-refractivity contribution in [1.29, 1.82) is 0 Å². The summed E-state index contributed by atoms with van der Waals surface area (Å²) in [6, 6.07) is 10.5. The largest absolute Gasteiger partial charge is 0.375 e. The number of anilines is 1. The fourth-order valence-corrected chi connectivity index (χ4v) is 3.20. The Morgan fingerprint density at radius 1 is 1.35 bits per heavy atom. The number of benzene rings is 1. The van der Waals surface area contributed by atoms with E-state index in [1.54, 1.807) is 0 Å². The maximum absolute atomic E-state index is 4.57. The first kappa shape index (κ1) is 15.2. The highest BCUT2D eigenvalue weighted by Gasteiger charge is 2.21. The molecule has 0 aromatic heterocycles. The lowest BCUT2D eigenvalue weighted by Gasteiger charge is -2.19. The van der Waals surface area contributed by atoms with Crippen molar-refractivity contribution in [3.8, 4) is 0 Å². The van der Waals surface area contributed by atoms with Crippen LogP contribution < -0.4 is 10.2 Å². The van der Waals surface area contributed by atoms with Crippen LogP contribution in [0.2, 0.25) is 0 Å². The van der Waals surface area contributed by atoms with Crippen LogP contribution in [0.3, 0.4) is 0 Å². The second kappa shape index (κ2) is 7.58. The molecule has 1 aliphatic heterocycles. The summed E-state index contributed by atoms with van der Waals surface area (Å²) in [5.74, 6) is 0.701. The minimum absolute atomic E-state index is 0.657. The average Bonchev–Trinajstić information content (AvgIpc) is 2.93. The van der Waals surface area contributed by atoms with E-state index in [9.17, 15) is 0 Å². The third kappa shape index (κ3) is 4.44. The molecule has 0 aliphatic carbocycles. The van der Waals surface area contributed by atoms with Gasteiger partial charge in [-0.1, -0.05) is 43.8 Å². The molecule has 110 valence electrons. The topological polar surface area (TPSA) is 27.6 Å². The summed E-state index contributed by atoms with van der Waals surface area (Å²) in [5, 5.41) is 5.25. The highest BCUT2D eigenvalue weighted by Crippen LogP contribution is 2.25. The van der Waals surface area contributed by atoms with Crippen molar-refractivity contribution in [3.63, 3.8) is 0 Å². The van der Waals surface area contributed by atoms with Crippen LogP contribution in [0, 0.1) is 5.92 Å². The molecule has 2 rings (SSSR count). The zero-order chi connectivity index (χ0) is 14.4. The molecule has 1 unspecified atom stereocenters. The van der Waals surface area contributed by atoms with Gasteiger partial charge in [0.25, 0.3) is 0 Å². The van der Waals surface area contributed by atoms with Crippen molar-refractivity contribution in [3.05, 3.63) is 30.3 Å². The zero-order valence-electron chi connectivity index (χ0n) is 12.7. The van der Waals surface area contributed by atoms with Gasteiger partial charge >= 0.3 is 0 Å². The van der Waals surface area contributed by atoms with E-state index in [1.165, 1.54) is 5.69 Å². The van der Waals surface area contributed by atoms with Crippen LogP contribution in [0.25, 0.3) is 0 Å². The van der Waals surface area contributed by atoms with E-state index in [4.69, 9.17) is 0 Å². The molecule has 1 aliphatic rings. The normalized spacial score (nSPS) is 18.2. The lowest BCUT2D eigenvalue weighted by atomic mass is 10.1. The first-order valence-electron chi connectivity index (χ1n) is 7.38. The van der Waals surface area contributed by atoms with E-state index in [-0.39, 0.29) is 0 Å². The number of para-hydroxylation sites is 1. The lowest BCUT2D eigenvalue weighted by molar-refractivity contribution is 0.621. The molecule has 0 fully saturated rings. The summed E-state index contributed by atoms with van der Waals surface area (Å²) in [6.45, 7) is 7.56. The predicted octanol–water partition coefficient (Wildman–Crippen LogP) is 3.23. The van der Waals surface area contributed by atoms with Crippen LogP contribution in [-0.4, -0.2) is 37.1 Å². The molecule has 0 saturated carbocycles. The quantitative estimate of drug-likeness (QED) is 0.816. The maximum Gasteiger partial charge on any atom is 0.156 e. The van der Waals surface area contributed by atoms with Crippen LogP contribution >= 0.6 is 11.8 Å². The van der Waals surface area contributed by atoms with E-state index >= 15 is 0 Å². The molecule has 0 radical (unpaired) electrons. The standard InChI is InChI=1S/C16H25N3S/c1-13(2)15-12-18-16(20-15)17-10-7-11-19(3)14-8-5-4-6-9-14/h4-6,8-9,13,15H,7,10-12H2,1-3H3,(H,17,18). The average molecular weight is 291 g/mol. The first-order valence-corrected chi connectivity index (χ1v) is 8.26. The fraction of sp³-hybridized carbons (Fsp3) is 0.562. The number of aliphatic imine (C=N–C) groups is 1. The van der Waals surface area contributed by atoms with Crippen LogP contribution in [-0.2, 0) is 0 Å². The summed E-state index contributed by atoms with van der Waals surface area (Å²) >= 11 is 1.90. The molecular weight excluding hydrogens is 266 g/mol. The molecule has 20 heavy (non-hydrogen) atoms. The van der Waals surface area contributed by atoms with Gasteiger partial charge < -0.3 is 10.2 Å². The van der Waals surface area contributed by atoms with Gasteiger partial charge in [-0.2, -0.15) is 0 Å². The van der Waals surface area contributed by atoms with Crippen LogP contribution in [0.5, 0.6) is 0 Å². The van der Waals surface area contributed by atoms with E-state index in [0.29, 0.717) is 11.2 Å². The van der Waals surface area contributed by atoms with Crippen LogP contribution in [0.15, 0.2) is 35.3 Å². The Hall–Kier alpha value is -1.16. The number of thioether (sulfide) groups is 1. The van der Waals surface area contributed by atoms with Crippen molar-refractivity contribution in [2.75, 3.05) is 31.6 Å². The maximum atomic E-state index is 4.57. The van der Waals surface area contributed by atoms with Gasteiger partial charge in [-0.3, -0.25) is 4.99 Å². The molecular formula is C16H25N3S. The Morgan fingerprint density at radius 2 is 2.10 bits per heavy atom. The number of nitrogens with zero attached hydrogens (tertiary/aromatic N) is 2. The lowest BCUT2D eigenvalue weighted by Crippen LogP contribution is -2.26. The third-order valence-corrected chi connectivity index (χ3v) is 5.06. The number of hydrogen-bond acceptors (Lipinski definition) is 4. The second-order valence-electron chi connectivity index (χ2n) is 5.58. The molecule has 1 atom stereocenters. The van der Waals surface area contributed by atoms with Gasteiger partial charge in [-0.05, 0) is 24.5 Å². The van der Waals surface area contributed by atoms with Crippen molar-refractivity contribution in [2.24, 2.45) is 10.9 Å². The van der Waals surface area contributed by atoms with Crippen LogP contribution in [0.4, 0.5) is 5.69 Å². The minimum Gasteiger partial charge on any atom is -0.375 e. The molecule has 1 heterocycles. The molecule has 4 heteroatoms. The van der Waals surface area contributed by atoms with E-state index < -0.39 is 0 Å². The molecule has 1 aromatic rings. The second-order valence-corrected chi connectivity index (χ2v) is 6.81. The molecule has 1 N–H and O–H groups in total. The predicted molar refractivity (Wildman–Crippen MR) is 90.9 cm³/mol. The van der Waals surface area contributed by atoms with E-state index in [1.807, 2.05) is 11.8 Å². The van der Waals surface area contributed by atoms with Gasteiger partial charge in [0, 0.05) is 31.1 Å². The third-order valence-electron chi connectivity index (χ3n) is 3.56. The van der Waals surface area contributed by atoms with Gasteiger partial charge in [-0.15, -0.1) is 0 Å². The van der Waals surface area contributed by atoms with Gasteiger partial charge in [0.05, 0.1) is 6.54 Å². The fourth-order valence-electron chi connectivity index (χ4n) is 2.16. The van der Waals surface area contributed by atoms with Gasteiger partial charge in [-0.25, -0.2) is 0 Å². The van der Waals surface area contributed by atoms with Gasteiger partial charge in [0.2, 0.25) is 0 Å². The Labute approximate surface area is 126 Å². The zero-order valence-corrected chi connectivity index (χ0v) is 13.5. The summed E-state index contributed by atoms with van der Waals surface area (Å²) < 4.78 is 0. The Bertz CT molecular complexity index is 431. The van der Waals surface area contributed by atoms with Crippen molar-refractivity contribution >= 4 is 22.6 Å².